The third-order valence-corrected chi connectivity index (χ3v) is 6.23. The zero-order valence-corrected chi connectivity index (χ0v) is 17.7. The van der Waals surface area contributed by atoms with Crippen LogP contribution in [0.3, 0.4) is 0 Å². The number of carbonyl (C=O) groups is 3. The molecule has 0 radical (unpaired) electrons. The number of nitrogens with one attached hydrogen (secondary N) is 1. The number of hydrogen-bond donors (Lipinski definition) is 1. The monoisotopic (exact) mass is 421 g/mol. The Kier molecular flexibility index (Phi) is 6.02. The maximum Gasteiger partial charge on any atom is 0.242 e. The van der Waals surface area contributed by atoms with Crippen LogP contribution in [0.25, 0.3) is 0 Å². The Morgan fingerprint density at radius 2 is 1.97 bits per heavy atom. The third-order valence-electron chi connectivity index (χ3n) is 6.23. The number of benzene rings is 1. The van der Waals surface area contributed by atoms with Gasteiger partial charge in [-0.05, 0) is 49.6 Å². The van der Waals surface area contributed by atoms with Gasteiger partial charge in [0.05, 0.1) is 12.0 Å². The minimum atomic E-state index is -0.687. The van der Waals surface area contributed by atoms with E-state index in [1.807, 2.05) is 24.3 Å². The summed E-state index contributed by atoms with van der Waals surface area (Å²) in [5.74, 6) is 0.374. The number of fused-ring (bicyclic) bond motifs is 1. The number of ketones is 1. The molecule has 2 amide bonds. The molecule has 1 spiro atoms. The van der Waals surface area contributed by atoms with Gasteiger partial charge in [0.25, 0.3) is 0 Å². The molecule has 0 unspecified atom stereocenters. The number of hydrogen-bond acceptors (Lipinski definition) is 5. The second-order valence-corrected chi connectivity index (χ2v) is 8.29. The van der Waals surface area contributed by atoms with Crippen LogP contribution in [-0.2, 0) is 16.0 Å². The predicted molar refractivity (Wildman–Crippen MR) is 115 cm³/mol. The molecule has 1 N–H and O–H groups in total. The quantitative estimate of drug-likeness (QED) is 0.802. The first-order chi connectivity index (χ1) is 15.0. The third kappa shape index (κ3) is 4.60. The van der Waals surface area contributed by atoms with Crippen LogP contribution in [0, 0.1) is 0 Å². The van der Waals surface area contributed by atoms with Gasteiger partial charge in [-0.1, -0.05) is 12.1 Å². The van der Waals surface area contributed by atoms with Gasteiger partial charge in [0.15, 0.2) is 5.78 Å². The van der Waals surface area contributed by atoms with Crippen LogP contribution >= 0.6 is 0 Å². The fourth-order valence-corrected chi connectivity index (χ4v) is 4.35. The maximum absolute atomic E-state index is 12.8. The minimum Gasteiger partial charge on any atom is -0.486 e. The number of likely N-dealkylation sites (tertiary alicyclic amines) is 1. The van der Waals surface area contributed by atoms with Crippen molar-refractivity contribution in [1.82, 2.24) is 15.2 Å². The first-order valence-electron chi connectivity index (χ1n) is 10.7. The number of ether oxygens (including phenoxy) is 1. The summed E-state index contributed by atoms with van der Waals surface area (Å²) in [6.07, 6.45) is 5.66. The number of pyridine rings is 1. The van der Waals surface area contributed by atoms with Crippen LogP contribution in [0.2, 0.25) is 0 Å². The van der Waals surface area contributed by atoms with Crippen molar-refractivity contribution in [3.05, 3.63) is 59.9 Å². The van der Waals surface area contributed by atoms with Crippen LogP contribution in [0.5, 0.6) is 5.75 Å². The molecular weight excluding hydrogens is 394 g/mol. The first-order valence-corrected chi connectivity index (χ1v) is 10.7. The average Bonchev–Trinajstić information content (AvgIpc) is 2.93. The lowest BCUT2D eigenvalue weighted by molar-refractivity contribution is -0.139. The second kappa shape index (κ2) is 8.88. The van der Waals surface area contributed by atoms with E-state index in [0.29, 0.717) is 43.7 Å². The van der Waals surface area contributed by atoms with Crippen LogP contribution in [0.1, 0.15) is 48.5 Å². The van der Waals surface area contributed by atoms with Gasteiger partial charge in [-0.15, -0.1) is 0 Å². The summed E-state index contributed by atoms with van der Waals surface area (Å²) in [4.78, 5) is 43.7. The van der Waals surface area contributed by atoms with E-state index in [1.54, 1.807) is 36.4 Å². The number of amides is 2. The Bertz CT molecular complexity index is 978. The van der Waals surface area contributed by atoms with Crippen LogP contribution in [0.15, 0.2) is 48.8 Å². The Morgan fingerprint density at radius 3 is 2.77 bits per heavy atom. The topological polar surface area (TPSA) is 88.6 Å². The van der Waals surface area contributed by atoms with E-state index in [0.717, 1.165) is 5.56 Å². The Morgan fingerprint density at radius 1 is 1.19 bits per heavy atom. The second-order valence-electron chi connectivity index (χ2n) is 8.29. The molecule has 2 atom stereocenters. The van der Waals surface area contributed by atoms with Crippen molar-refractivity contribution < 1.29 is 19.1 Å². The zero-order chi connectivity index (χ0) is 21.8. The molecule has 0 bridgehead atoms. The van der Waals surface area contributed by atoms with E-state index in [1.165, 1.54) is 0 Å². The highest BCUT2D eigenvalue weighted by molar-refractivity contribution is 6.00. The molecule has 162 valence electrons. The van der Waals surface area contributed by atoms with Gasteiger partial charge < -0.3 is 15.0 Å². The van der Waals surface area contributed by atoms with Crippen molar-refractivity contribution in [2.75, 3.05) is 13.1 Å². The van der Waals surface area contributed by atoms with Gasteiger partial charge in [0.1, 0.15) is 17.4 Å². The molecule has 31 heavy (non-hydrogen) atoms. The summed E-state index contributed by atoms with van der Waals surface area (Å²) in [5, 5.41) is 2.92. The van der Waals surface area contributed by atoms with E-state index in [9.17, 15) is 14.4 Å². The molecule has 0 saturated carbocycles. The molecule has 2 aliphatic rings. The summed E-state index contributed by atoms with van der Waals surface area (Å²) < 4.78 is 6.26. The van der Waals surface area contributed by atoms with Gasteiger partial charge in [0, 0.05) is 38.3 Å². The predicted octanol–water partition coefficient (Wildman–Crippen LogP) is 2.55. The molecule has 1 fully saturated rings. The Hall–Kier alpha value is -3.22. The number of para-hydroxylation sites is 1. The minimum absolute atomic E-state index is 0.0460. The van der Waals surface area contributed by atoms with Crippen molar-refractivity contribution in [3.63, 3.8) is 0 Å². The lowest BCUT2D eigenvalue weighted by Gasteiger charge is -2.37. The lowest BCUT2D eigenvalue weighted by Crippen LogP contribution is -2.49. The summed E-state index contributed by atoms with van der Waals surface area (Å²) >= 11 is 0. The SMILES string of the molecule is C[C@@H](C(=O)NCCc1ccncc1)N1CC[C@]2(CCC1=O)CC(=O)c1ccccc1O2. The number of rotatable bonds is 5. The zero-order valence-electron chi connectivity index (χ0n) is 17.7. The molecular formula is C24H27N3O4. The van der Waals surface area contributed by atoms with Gasteiger partial charge in [0.2, 0.25) is 11.8 Å². The molecule has 0 aliphatic carbocycles. The molecule has 2 aliphatic heterocycles. The first kappa shape index (κ1) is 21.0. The van der Waals surface area contributed by atoms with E-state index in [4.69, 9.17) is 4.74 Å². The van der Waals surface area contributed by atoms with Crippen molar-refractivity contribution in [2.24, 2.45) is 0 Å². The normalized spacial score (nSPS) is 21.8. The lowest BCUT2D eigenvalue weighted by atomic mass is 9.84. The van der Waals surface area contributed by atoms with Gasteiger partial charge >= 0.3 is 0 Å². The number of nitrogens with zero attached hydrogens (tertiary/aromatic N) is 2. The van der Waals surface area contributed by atoms with Crippen LogP contribution in [-0.4, -0.2) is 52.2 Å². The molecule has 1 aromatic carbocycles. The van der Waals surface area contributed by atoms with Gasteiger partial charge in [-0.3, -0.25) is 19.4 Å². The number of carbonyl (C=O) groups excluding carboxylic acids is 3. The van der Waals surface area contributed by atoms with Crippen molar-refractivity contribution >= 4 is 17.6 Å². The van der Waals surface area contributed by atoms with Crippen LogP contribution in [0.4, 0.5) is 0 Å². The summed E-state index contributed by atoms with van der Waals surface area (Å²) in [7, 11) is 0. The summed E-state index contributed by atoms with van der Waals surface area (Å²) in [6, 6.07) is 10.5. The molecule has 2 aromatic rings. The Labute approximate surface area is 181 Å². The van der Waals surface area contributed by atoms with Crippen molar-refractivity contribution in [1.29, 1.82) is 0 Å². The maximum atomic E-state index is 12.8. The molecule has 4 rings (SSSR count). The highest BCUT2D eigenvalue weighted by Gasteiger charge is 2.44. The fourth-order valence-electron chi connectivity index (χ4n) is 4.35. The molecule has 1 saturated heterocycles. The van der Waals surface area contributed by atoms with E-state index in [2.05, 4.69) is 10.3 Å². The molecule has 3 heterocycles. The molecule has 1 aromatic heterocycles. The van der Waals surface area contributed by atoms with Gasteiger partial charge in [-0.25, -0.2) is 0 Å². The number of aromatic nitrogens is 1. The van der Waals surface area contributed by atoms with E-state index >= 15 is 0 Å². The van der Waals surface area contributed by atoms with E-state index in [-0.39, 0.29) is 30.4 Å². The summed E-state index contributed by atoms with van der Waals surface area (Å²) in [6.45, 7) is 2.63. The smallest absolute Gasteiger partial charge is 0.242 e. The highest BCUT2D eigenvalue weighted by atomic mass is 16.5. The number of Topliss-reactive ketones (excluding diaryl/α,β-unsaturated/α-hetero) is 1. The highest BCUT2D eigenvalue weighted by Crippen LogP contribution is 2.39. The Balaban J connectivity index is 1.37. The van der Waals surface area contributed by atoms with Crippen LogP contribution < -0.4 is 10.1 Å². The van der Waals surface area contributed by atoms with Gasteiger partial charge in [-0.2, -0.15) is 0 Å². The largest absolute Gasteiger partial charge is 0.486 e. The standard InChI is InChI=1S/C24H27N3O4/c1-17(23(30)26-14-9-18-7-12-25-13-8-18)27-15-11-24(10-6-22(27)29)16-20(28)19-4-2-3-5-21(19)31-24/h2-5,7-8,12-13,17H,6,9-11,14-16H2,1H3,(H,26,30)/t17-,24+/m0/s1. The van der Waals surface area contributed by atoms with Crippen molar-refractivity contribution in [2.45, 2.75) is 50.7 Å². The fraction of sp³-hybridized carbons (Fsp3) is 0.417. The molecule has 7 heteroatoms. The van der Waals surface area contributed by atoms with E-state index < -0.39 is 11.6 Å². The average molecular weight is 421 g/mol. The molecule has 7 nitrogen and oxygen atoms in total. The van der Waals surface area contributed by atoms with Crippen molar-refractivity contribution in [3.8, 4) is 5.75 Å². The summed E-state index contributed by atoms with van der Waals surface area (Å²) in [5.41, 5.74) is 1.01.